The molecule has 8 nitrogen and oxygen atoms in total. The molecule has 1 atom stereocenters. The summed E-state index contributed by atoms with van der Waals surface area (Å²) in [5.41, 5.74) is 0.909. The number of hydrogen-bond acceptors (Lipinski definition) is 6. The van der Waals surface area contributed by atoms with Crippen LogP contribution in [0.3, 0.4) is 0 Å². The molecule has 1 heterocycles. The van der Waals surface area contributed by atoms with Gasteiger partial charge in [0.15, 0.2) is 6.61 Å². The van der Waals surface area contributed by atoms with Gasteiger partial charge in [0.1, 0.15) is 11.6 Å². The maximum Gasteiger partial charge on any atom is 0.268 e. The van der Waals surface area contributed by atoms with Gasteiger partial charge in [-0.15, -0.1) is 0 Å². The summed E-state index contributed by atoms with van der Waals surface area (Å²) in [6.07, 6.45) is 0.858. The van der Waals surface area contributed by atoms with Crippen molar-refractivity contribution in [1.29, 1.82) is 0 Å². The number of halogens is 2. The lowest BCUT2D eigenvalue weighted by molar-refractivity contribution is -0.138. The maximum absolute atomic E-state index is 13.1. The molecule has 2 aromatic carbocycles. The second kappa shape index (κ2) is 10.5. The molecule has 1 N–H and O–H groups in total. The quantitative estimate of drug-likeness (QED) is 0.630. The van der Waals surface area contributed by atoms with Crippen LogP contribution in [0.25, 0.3) is 0 Å². The smallest absolute Gasteiger partial charge is 0.268 e. The van der Waals surface area contributed by atoms with E-state index in [4.69, 9.17) is 16.3 Å². The fourth-order valence-electron chi connectivity index (χ4n) is 3.65. The van der Waals surface area contributed by atoms with Crippen molar-refractivity contribution in [3.63, 3.8) is 0 Å². The zero-order chi connectivity index (χ0) is 24.2. The Kier molecular flexibility index (Phi) is 7.93. The van der Waals surface area contributed by atoms with Crippen molar-refractivity contribution in [2.24, 2.45) is 0 Å². The summed E-state index contributed by atoms with van der Waals surface area (Å²) in [6.45, 7) is 4.06. The lowest BCUT2D eigenvalue weighted by atomic mass is 10.1. The van der Waals surface area contributed by atoms with Crippen molar-refractivity contribution in [2.75, 3.05) is 32.5 Å². The Hall–Kier alpha value is -2.69. The largest absolute Gasteiger partial charge is 0.483 e. The van der Waals surface area contributed by atoms with E-state index in [0.29, 0.717) is 26.2 Å². The minimum absolute atomic E-state index is 0.0523. The average Bonchev–Trinajstić information content (AvgIpc) is 2.73. The number of ether oxygens (including phenoxy) is 1. The zero-order valence-electron chi connectivity index (χ0n) is 18.3. The van der Waals surface area contributed by atoms with Crippen LogP contribution in [0.1, 0.15) is 22.8 Å². The summed E-state index contributed by atoms with van der Waals surface area (Å²) >= 11 is 5.93. The van der Waals surface area contributed by atoms with Crippen LogP contribution in [0.15, 0.2) is 42.5 Å². The molecule has 2 aromatic rings. The predicted molar refractivity (Wildman–Crippen MR) is 122 cm³/mol. The van der Waals surface area contributed by atoms with Crippen LogP contribution >= 0.6 is 11.6 Å². The van der Waals surface area contributed by atoms with E-state index in [1.54, 1.807) is 17.0 Å². The molecule has 1 aliphatic heterocycles. The first-order chi connectivity index (χ1) is 15.5. The van der Waals surface area contributed by atoms with Crippen molar-refractivity contribution in [3.05, 3.63) is 64.4 Å². The van der Waals surface area contributed by atoms with E-state index < -0.39 is 15.9 Å². The van der Waals surface area contributed by atoms with E-state index >= 15 is 0 Å². The SMILES string of the molecule is C[C@@H]1CN(Cc2ccc(F)cc2)CCN1C(=O)COc1ccc(Cl)cc1C(=O)NS(C)(=O)=O. The minimum atomic E-state index is -3.78. The highest BCUT2D eigenvalue weighted by atomic mass is 35.5. The number of nitrogens with one attached hydrogen (secondary N) is 1. The van der Waals surface area contributed by atoms with E-state index in [1.165, 1.54) is 30.3 Å². The first kappa shape index (κ1) is 24.9. The summed E-state index contributed by atoms with van der Waals surface area (Å²) in [7, 11) is -3.78. The summed E-state index contributed by atoms with van der Waals surface area (Å²) in [6, 6.07) is 10.4. The number of hydrogen-bond donors (Lipinski definition) is 1. The van der Waals surface area contributed by atoms with Crippen molar-refractivity contribution < 1.29 is 27.1 Å². The molecular formula is C22H25ClFN3O5S. The van der Waals surface area contributed by atoms with Crippen molar-refractivity contribution in [2.45, 2.75) is 19.5 Å². The van der Waals surface area contributed by atoms with Crippen LogP contribution in [0, 0.1) is 5.82 Å². The molecule has 0 radical (unpaired) electrons. The number of sulfonamides is 1. The molecule has 0 unspecified atom stereocenters. The van der Waals surface area contributed by atoms with Gasteiger partial charge in [-0.1, -0.05) is 23.7 Å². The van der Waals surface area contributed by atoms with E-state index in [9.17, 15) is 22.4 Å². The van der Waals surface area contributed by atoms with E-state index in [1.807, 2.05) is 11.6 Å². The van der Waals surface area contributed by atoms with E-state index in [2.05, 4.69) is 4.90 Å². The molecule has 1 aliphatic rings. The monoisotopic (exact) mass is 497 g/mol. The summed E-state index contributed by atoms with van der Waals surface area (Å²) < 4.78 is 43.3. The summed E-state index contributed by atoms with van der Waals surface area (Å²) in [5, 5.41) is 0.221. The molecule has 11 heteroatoms. The van der Waals surface area contributed by atoms with Gasteiger partial charge in [0.05, 0.1) is 11.8 Å². The van der Waals surface area contributed by atoms with Crippen molar-refractivity contribution in [1.82, 2.24) is 14.5 Å². The van der Waals surface area contributed by atoms with Crippen LogP contribution in [0.2, 0.25) is 5.02 Å². The molecule has 0 saturated carbocycles. The highest BCUT2D eigenvalue weighted by Crippen LogP contribution is 2.23. The standard InChI is InChI=1S/C22H25ClFN3O5S/c1-15-12-26(13-16-3-6-18(24)7-4-16)9-10-27(15)21(28)14-32-20-8-5-17(23)11-19(20)22(29)25-33(2,30)31/h3-8,11,15H,9-10,12-14H2,1-2H3,(H,25,29)/t15-/m1/s1. The Balaban J connectivity index is 1.59. The van der Waals surface area contributed by atoms with Crippen LogP contribution in [0.4, 0.5) is 4.39 Å². The fraction of sp³-hybridized carbons (Fsp3) is 0.364. The Morgan fingerprint density at radius 2 is 1.88 bits per heavy atom. The Labute approximate surface area is 197 Å². The van der Waals surface area contributed by atoms with Gasteiger partial charge in [0.2, 0.25) is 10.0 Å². The molecule has 0 spiro atoms. The topological polar surface area (TPSA) is 96.0 Å². The Morgan fingerprint density at radius 1 is 1.18 bits per heavy atom. The third kappa shape index (κ3) is 7.15. The first-order valence-corrected chi connectivity index (χ1v) is 12.5. The molecule has 3 rings (SSSR count). The van der Waals surface area contributed by atoms with Gasteiger partial charge >= 0.3 is 0 Å². The Morgan fingerprint density at radius 3 is 2.52 bits per heavy atom. The molecule has 2 amide bonds. The summed E-state index contributed by atoms with van der Waals surface area (Å²) in [4.78, 5) is 29.0. The molecule has 1 fully saturated rings. The first-order valence-electron chi connectivity index (χ1n) is 10.2. The van der Waals surface area contributed by atoms with Gasteiger partial charge in [-0.05, 0) is 42.8 Å². The third-order valence-electron chi connectivity index (χ3n) is 5.17. The fourth-order valence-corrected chi connectivity index (χ4v) is 4.27. The van der Waals surface area contributed by atoms with E-state index in [0.717, 1.165) is 11.8 Å². The normalized spacial score (nSPS) is 17.0. The number of carbonyl (C=O) groups is 2. The molecule has 0 bridgehead atoms. The highest BCUT2D eigenvalue weighted by molar-refractivity contribution is 7.89. The minimum Gasteiger partial charge on any atom is -0.483 e. The van der Waals surface area contributed by atoms with Gasteiger partial charge in [-0.3, -0.25) is 14.5 Å². The number of amides is 2. The van der Waals surface area contributed by atoms with Crippen molar-refractivity contribution >= 4 is 33.4 Å². The molecule has 1 saturated heterocycles. The lowest BCUT2D eigenvalue weighted by Crippen LogP contribution is -2.54. The molecule has 178 valence electrons. The average molecular weight is 498 g/mol. The third-order valence-corrected chi connectivity index (χ3v) is 5.96. The highest BCUT2D eigenvalue weighted by Gasteiger charge is 2.28. The van der Waals surface area contributed by atoms with Crippen LogP contribution in [0.5, 0.6) is 5.75 Å². The second-order valence-corrected chi connectivity index (χ2v) is 10.1. The van der Waals surface area contributed by atoms with Crippen molar-refractivity contribution in [3.8, 4) is 5.75 Å². The van der Waals surface area contributed by atoms with Crippen LogP contribution < -0.4 is 9.46 Å². The Bertz CT molecular complexity index is 1130. The predicted octanol–water partition coefficient (Wildman–Crippen LogP) is 2.28. The van der Waals surface area contributed by atoms with Gasteiger partial charge in [0.25, 0.3) is 11.8 Å². The lowest BCUT2D eigenvalue weighted by Gasteiger charge is -2.39. The maximum atomic E-state index is 13.1. The van der Waals surface area contributed by atoms with Gasteiger partial charge in [-0.25, -0.2) is 17.5 Å². The number of nitrogens with zero attached hydrogens (tertiary/aromatic N) is 2. The molecular weight excluding hydrogens is 473 g/mol. The summed E-state index contributed by atoms with van der Waals surface area (Å²) in [5.74, 6) is -1.38. The molecule has 0 aromatic heterocycles. The number of carbonyl (C=O) groups excluding carboxylic acids is 2. The van der Waals surface area contributed by atoms with Gasteiger partial charge < -0.3 is 9.64 Å². The van der Waals surface area contributed by atoms with E-state index in [-0.39, 0.29) is 40.7 Å². The van der Waals surface area contributed by atoms with Crippen LogP contribution in [-0.4, -0.2) is 68.6 Å². The number of piperazine rings is 1. The second-order valence-electron chi connectivity index (χ2n) is 7.93. The van der Waals surface area contributed by atoms with Gasteiger partial charge in [0, 0.05) is 37.2 Å². The number of benzene rings is 2. The zero-order valence-corrected chi connectivity index (χ0v) is 19.8. The van der Waals surface area contributed by atoms with Crippen LogP contribution in [-0.2, 0) is 21.4 Å². The molecule has 33 heavy (non-hydrogen) atoms. The molecule has 0 aliphatic carbocycles. The number of rotatable bonds is 7. The van der Waals surface area contributed by atoms with Gasteiger partial charge in [-0.2, -0.15) is 0 Å².